The van der Waals surface area contributed by atoms with E-state index in [1.807, 2.05) is 11.9 Å². The average Bonchev–Trinajstić information content (AvgIpc) is 2.74. The summed E-state index contributed by atoms with van der Waals surface area (Å²) >= 11 is 1.81. The van der Waals surface area contributed by atoms with E-state index in [2.05, 4.69) is 80.7 Å². The van der Waals surface area contributed by atoms with Gasteiger partial charge in [-0.15, -0.1) is 4.41 Å². The second-order valence-corrected chi connectivity index (χ2v) is 6.10. The fraction of sp³-hybridized carbons (Fsp3) is 0.286. The number of rotatable bonds is 3. The highest BCUT2D eigenvalue weighted by molar-refractivity contribution is 7.97. The van der Waals surface area contributed by atoms with Crippen LogP contribution in [0.3, 0.4) is 0 Å². The minimum absolute atomic E-state index is 1.23. The van der Waals surface area contributed by atoms with E-state index in [0.717, 1.165) is 0 Å². The van der Waals surface area contributed by atoms with Crippen LogP contribution in [0.15, 0.2) is 41.6 Å². The highest BCUT2D eigenvalue weighted by Crippen LogP contribution is 2.14. The lowest BCUT2D eigenvalue weighted by atomic mass is 10.2. The molecule has 1 unspecified atom stereocenters. The summed E-state index contributed by atoms with van der Waals surface area (Å²) in [7, 11) is 6.19. The topological polar surface area (TPSA) is 77.1 Å². The average molecular weight is 324 g/mol. The van der Waals surface area contributed by atoms with Crippen LogP contribution < -0.4 is 9.31 Å². The summed E-state index contributed by atoms with van der Waals surface area (Å²) in [5, 5.41) is 16.9. The van der Waals surface area contributed by atoms with Gasteiger partial charge in [-0.1, -0.05) is 12.1 Å². The molecule has 7 nitrogen and oxygen atoms in total. The molecule has 0 amide bonds. The second kappa shape index (κ2) is 8.30. The maximum Gasteiger partial charge on any atom is 0.140 e. The van der Waals surface area contributed by atoms with Crippen molar-refractivity contribution < 1.29 is 9.50 Å². The molecule has 1 aromatic rings. The van der Waals surface area contributed by atoms with E-state index in [0.29, 0.717) is 0 Å². The lowest BCUT2D eigenvalue weighted by Crippen LogP contribution is -3.05. The number of quaternary nitrogens is 1. The van der Waals surface area contributed by atoms with Gasteiger partial charge in [-0.05, 0) is 24.6 Å². The van der Waals surface area contributed by atoms with E-state index in [1.165, 1.54) is 20.6 Å². The highest BCUT2D eigenvalue weighted by Gasteiger charge is 2.20. The van der Waals surface area contributed by atoms with E-state index >= 15 is 0 Å². The molecule has 0 spiro atoms. The van der Waals surface area contributed by atoms with E-state index in [-0.39, 0.29) is 0 Å². The van der Waals surface area contributed by atoms with Crippen molar-refractivity contribution in [2.24, 2.45) is 0 Å². The SMILES string of the molecule is CC1=CN(C)[NH+](C=Cc2ccc(N(C)C)cc2)S1.O=[N+]([O-])[O-]. The summed E-state index contributed by atoms with van der Waals surface area (Å²) in [5.41, 5.74) is 2.45. The standard InChI is InChI=1S/C14H19N3S.NO3/c1-12-11-16(4)17(18-12)10-9-13-5-7-14(8-6-13)15(2)3;2-1(3)4/h5-11H,1-4H3;/q;-1/p+1. The van der Waals surface area contributed by atoms with Crippen molar-refractivity contribution in [2.75, 3.05) is 26.0 Å². The third kappa shape index (κ3) is 6.06. The van der Waals surface area contributed by atoms with Gasteiger partial charge in [0, 0.05) is 25.9 Å². The lowest BCUT2D eigenvalue weighted by Gasteiger charge is -2.14. The number of allylic oxidation sites excluding steroid dienone is 1. The fourth-order valence-electron chi connectivity index (χ4n) is 1.80. The number of nitrogens with one attached hydrogen (secondary N) is 1. The summed E-state index contributed by atoms with van der Waals surface area (Å²) in [6, 6.07) is 8.57. The minimum Gasteiger partial charge on any atom is -0.378 e. The first-order chi connectivity index (χ1) is 10.3. The molecule has 120 valence electrons. The Morgan fingerprint density at radius 3 is 2.23 bits per heavy atom. The first-order valence-corrected chi connectivity index (χ1v) is 7.34. The highest BCUT2D eigenvalue weighted by atomic mass is 32.2. The van der Waals surface area contributed by atoms with Crippen LogP contribution >= 0.6 is 11.9 Å². The zero-order chi connectivity index (χ0) is 16.7. The molecule has 0 saturated carbocycles. The quantitative estimate of drug-likeness (QED) is 0.518. The second-order valence-electron chi connectivity index (χ2n) is 4.83. The molecule has 0 bridgehead atoms. The van der Waals surface area contributed by atoms with Crippen LogP contribution in [0.25, 0.3) is 6.08 Å². The molecule has 0 saturated heterocycles. The monoisotopic (exact) mass is 324 g/mol. The molecule has 8 heteroatoms. The Bertz CT molecular complexity index is 554. The fourth-order valence-corrected chi connectivity index (χ4v) is 2.68. The van der Waals surface area contributed by atoms with Crippen molar-refractivity contribution in [2.45, 2.75) is 6.92 Å². The van der Waals surface area contributed by atoms with Crippen LogP contribution in [0.2, 0.25) is 0 Å². The Morgan fingerprint density at radius 1 is 1.27 bits per heavy atom. The minimum atomic E-state index is -1.75. The van der Waals surface area contributed by atoms with Crippen molar-refractivity contribution in [3.63, 3.8) is 0 Å². The molecule has 1 aromatic carbocycles. The molecule has 1 atom stereocenters. The largest absolute Gasteiger partial charge is 0.378 e. The van der Waals surface area contributed by atoms with E-state index in [9.17, 15) is 0 Å². The molecule has 1 N–H and O–H groups in total. The first kappa shape index (κ1) is 17.9. The molecular formula is C14H20N4O3S. The zero-order valence-corrected chi connectivity index (χ0v) is 13.8. The number of anilines is 1. The van der Waals surface area contributed by atoms with Gasteiger partial charge in [0.25, 0.3) is 0 Å². The molecule has 1 aliphatic rings. The Hall–Kier alpha value is -2.19. The van der Waals surface area contributed by atoms with Gasteiger partial charge in [0.05, 0.1) is 23.2 Å². The number of nitrogens with zero attached hydrogens (tertiary/aromatic N) is 3. The number of hydrogen-bond donors (Lipinski definition) is 1. The normalized spacial score (nSPS) is 17.0. The van der Waals surface area contributed by atoms with Crippen LogP contribution in [-0.2, 0) is 0 Å². The van der Waals surface area contributed by atoms with Crippen molar-refractivity contribution in [3.8, 4) is 0 Å². The Kier molecular flexibility index (Phi) is 6.74. The Morgan fingerprint density at radius 2 is 1.82 bits per heavy atom. The predicted molar refractivity (Wildman–Crippen MR) is 90.2 cm³/mol. The van der Waals surface area contributed by atoms with Crippen molar-refractivity contribution in [1.82, 2.24) is 5.01 Å². The van der Waals surface area contributed by atoms with Crippen LogP contribution in [0, 0.1) is 15.3 Å². The van der Waals surface area contributed by atoms with Gasteiger partial charge in [0.1, 0.15) is 18.1 Å². The third-order valence-electron chi connectivity index (χ3n) is 2.82. The molecule has 0 aromatic heterocycles. The van der Waals surface area contributed by atoms with Crippen molar-refractivity contribution in [1.29, 1.82) is 0 Å². The molecule has 22 heavy (non-hydrogen) atoms. The summed E-state index contributed by atoms with van der Waals surface area (Å²) < 4.78 is 1.27. The van der Waals surface area contributed by atoms with Gasteiger partial charge >= 0.3 is 0 Å². The van der Waals surface area contributed by atoms with Crippen LogP contribution in [-0.4, -0.2) is 31.2 Å². The molecule has 0 radical (unpaired) electrons. The maximum atomic E-state index is 8.25. The summed E-state index contributed by atoms with van der Waals surface area (Å²) in [6.45, 7) is 2.13. The van der Waals surface area contributed by atoms with Gasteiger partial charge in [-0.3, -0.25) is 0 Å². The molecule has 1 aliphatic heterocycles. The molecule has 0 fully saturated rings. The summed E-state index contributed by atoms with van der Waals surface area (Å²) in [6.07, 6.45) is 6.48. The third-order valence-corrected chi connectivity index (χ3v) is 3.88. The van der Waals surface area contributed by atoms with Gasteiger partial charge in [0.2, 0.25) is 0 Å². The van der Waals surface area contributed by atoms with Gasteiger partial charge in [0.15, 0.2) is 0 Å². The lowest BCUT2D eigenvalue weighted by molar-refractivity contribution is -0.820. The van der Waals surface area contributed by atoms with Crippen LogP contribution in [0.4, 0.5) is 5.69 Å². The van der Waals surface area contributed by atoms with Gasteiger partial charge in [-0.2, -0.15) is 0 Å². The predicted octanol–water partition coefficient (Wildman–Crippen LogP) is 1.74. The summed E-state index contributed by atoms with van der Waals surface area (Å²) in [4.78, 5) is 11.7. The van der Waals surface area contributed by atoms with E-state index in [1.54, 1.807) is 0 Å². The number of hydrogen-bond acceptors (Lipinski definition) is 6. The van der Waals surface area contributed by atoms with Crippen LogP contribution in [0.1, 0.15) is 12.5 Å². The summed E-state index contributed by atoms with van der Waals surface area (Å²) in [5.74, 6) is 0. The molecule has 0 aliphatic carbocycles. The van der Waals surface area contributed by atoms with Crippen LogP contribution in [0.5, 0.6) is 0 Å². The molecule has 1 heterocycles. The van der Waals surface area contributed by atoms with E-state index < -0.39 is 5.09 Å². The zero-order valence-electron chi connectivity index (χ0n) is 13.0. The van der Waals surface area contributed by atoms with Gasteiger partial charge in [-0.25, -0.2) is 5.01 Å². The first-order valence-electron chi connectivity index (χ1n) is 6.52. The van der Waals surface area contributed by atoms with E-state index in [4.69, 9.17) is 15.3 Å². The molecular weight excluding hydrogens is 304 g/mol. The number of benzene rings is 1. The Labute approximate surface area is 134 Å². The van der Waals surface area contributed by atoms with Gasteiger partial charge < -0.3 is 20.2 Å². The molecule has 2 rings (SSSR count). The maximum absolute atomic E-state index is 8.25. The Balaban J connectivity index is 0.000000541. The van der Waals surface area contributed by atoms with Crippen molar-refractivity contribution >= 4 is 23.7 Å². The van der Waals surface area contributed by atoms with Crippen molar-refractivity contribution in [3.05, 3.63) is 62.5 Å². The smallest absolute Gasteiger partial charge is 0.140 e.